The average Bonchev–Trinajstić information content (AvgIpc) is 3.10. The van der Waals surface area contributed by atoms with Gasteiger partial charge in [-0.25, -0.2) is 4.79 Å². The molecule has 1 aliphatic rings. The minimum atomic E-state index is -0.505. The summed E-state index contributed by atoms with van der Waals surface area (Å²) in [5.74, 6) is -0.650. The maximum Gasteiger partial charge on any atom is 0.356 e. The van der Waals surface area contributed by atoms with E-state index in [-0.39, 0.29) is 18.1 Å². The Morgan fingerprint density at radius 1 is 1.12 bits per heavy atom. The summed E-state index contributed by atoms with van der Waals surface area (Å²) >= 11 is 0. The molecule has 7 nitrogen and oxygen atoms in total. The van der Waals surface area contributed by atoms with Gasteiger partial charge in [0.1, 0.15) is 5.69 Å². The SMILES string of the molecule is COC(=O)c1[nH]c2ccc(C)cc2c1NC(=O)CN1CCN(c2cccc(C)c2)[C@H](C)C1. The van der Waals surface area contributed by atoms with Crippen molar-refractivity contribution in [3.63, 3.8) is 0 Å². The highest BCUT2D eigenvalue weighted by atomic mass is 16.5. The zero-order chi connectivity index (χ0) is 22.8. The van der Waals surface area contributed by atoms with Crippen LogP contribution in [0.25, 0.3) is 10.9 Å². The minimum Gasteiger partial charge on any atom is -0.464 e. The Morgan fingerprint density at radius 3 is 2.62 bits per heavy atom. The van der Waals surface area contributed by atoms with Crippen molar-refractivity contribution in [2.24, 2.45) is 0 Å². The van der Waals surface area contributed by atoms with Gasteiger partial charge in [0.05, 0.1) is 19.3 Å². The van der Waals surface area contributed by atoms with Crippen molar-refractivity contribution in [3.8, 4) is 0 Å². The molecule has 1 saturated heterocycles. The fourth-order valence-corrected chi connectivity index (χ4v) is 4.44. The maximum atomic E-state index is 12.9. The Labute approximate surface area is 188 Å². The van der Waals surface area contributed by atoms with Crippen LogP contribution in [0, 0.1) is 13.8 Å². The maximum absolute atomic E-state index is 12.9. The van der Waals surface area contributed by atoms with E-state index in [0.717, 1.165) is 36.1 Å². The van der Waals surface area contributed by atoms with Gasteiger partial charge in [0.15, 0.2) is 0 Å². The highest BCUT2D eigenvalue weighted by molar-refractivity contribution is 6.11. The molecule has 0 saturated carbocycles. The van der Waals surface area contributed by atoms with Crippen LogP contribution in [-0.2, 0) is 9.53 Å². The molecule has 32 heavy (non-hydrogen) atoms. The number of benzene rings is 2. The molecule has 0 unspecified atom stereocenters. The molecular weight excluding hydrogens is 404 g/mol. The quantitative estimate of drug-likeness (QED) is 0.599. The second-order valence-electron chi connectivity index (χ2n) is 8.58. The summed E-state index contributed by atoms with van der Waals surface area (Å²) in [7, 11) is 1.33. The molecule has 1 amide bonds. The molecule has 1 fully saturated rings. The van der Waals surface area contributed by atoms with Gasteiger partial charge in [0.2, 0.25) is 5.91 Å². The summed E-state index contributed by atoms with van der Waals surface area (Å²) in [6.07, 6.45) is 0. The summed E-state index contributed by atoms with van der Waals surface area (Å²) in [6.45, 7) is 8.97. The molecule has 0 bridgehead atoms. The number of hydrogen-bond donors (Lipinski definition) is 2. The lowest BCUT2D eigenvalue weighted by Gasteiger charge is -2.41. The third-order valence-electron chi connectivity index (χ3n) is 6.02. The van der Waals surface area contributed by atoms with Gasteiger partial charge in [0.25, 0.3) is 0 Å². The fourth-order valence-electron chi connectivity index (χ4n) is 4.44. The Balaban J connectivity index is 1.46. The Bertz CT molecular complexity index is 1150. The minimum absolute atomic E-state index is 0.145. The normalized spacial score (nSPS) is 16.9. The molecule has 2 aromatic carbocycles. The van der Waals surface area contributed by atoms with Gasteiger partial charge >= 0.3 is 5.97 Å². The van der Waals surface area contributed by atoms with E-state index in [1.165, 1.54) is 18.4 Å². The van der Waals surface area contributed by atoms with Gasteiger partial charge in [-0.2, -0.15) is 0 Å². The van der Waals surface area contributed by atoms with Crippen LogP contribution in [0.5, 0.6) is 0 Å². The van der Waals surface area contributed by atoms with Crippen LogP contribution in [0.4, 0.5) is 11.4 Å². The Morgan fingerprint density at radius 2 is 1.91 bits per heavy atom. The average molecular weight is 435 g/mol. The number of nitrogens with one attached hydrogen (secondary N) is 2. The first-order valence-electron chi connectivity index (χ1n) is 10.9. The zero-order valence-corrected chi connectivity index (χ0v) is 19.1. The second-order valence-corrected chi connectivity index (χ2v) is 8.58. The molecular formula is C25H30N4O3. The van der Waals surface area contributed by atoms with Crippen molar-refractivity contribution < 1.29 is 14.3 Å². The number of aromatic nitrogens is 1. The van der Waals surface area contributed by atoms with Crippen molar-refractivity contribution in [2.75, 3.05) is 43.5 Å². The molecule has 1 aromatic heterocycles. The van der Waals surface area contributed by atoms with E-state index in [1.807, 2.05) is 25.1 Å². The topological polar surface area (TPSA) is 77.7 Å². The van der Waals surface area contributed by atoms with Gasteiger partial charge in [-0.05, 0) is 50.6 Å². The lowest BCUT2D eigenvalue weighted by Crippen LogP contribution is -2.53. The number of aromatic amines is 1. The molecule has 2 heterocycles. The van der Waals surface area contributed by atoms with E-state index in [9.17, 15) is 9.59 Å². The number of amides is 1. The van der Waals surface area contributed by atoms with Gasteiger partial charge in [-0.1, -0.05) is 23.8 Å². The summed E-state index contributed by atoms with van der Waals surface area (Å²) < 4.78 is 4.91. The standard InChI is InChI=1S/C25H30N4O3/c1-16-6-5-7-19(12-16)29-11-10-28(14-18(29)3)15-22(30)27-23-20-13-17(2)8-9-21(20)26-24(23)25(31)32-4/h5-9,12-13,18,26H,10-11,14-15H2,1-4H3,(H,27,30)/t18-/m1/s1. The highest BCUT2D eigenvalue weighted by Crippen LogP contribution is 2.29. The molecule has 7 heteroatoms. The van der Waals surface area contributed by atoms with Crippen molar-refractivity contribution in [1.82, 2.24) is 9.88 Å². The van der Waals surface area contributed by atoms with Crippen molar-refractivity contribution in [1.29, 1.82) is 0 Å². The first kappa shape index (κ1) is 21.9. The number of piperazine rings is 1. The van der Waals surface area contributed by atoms with Crippen molar-refractivity contribution in [3.05, 3.63) is 59.3 Å². The lowest BCUT2D eigenvalue weighted by molar-refractivity contribution is -0.117. The number of anilines is 2. The molecule has 4 rings (SSSR count). The fraction of sp³-hybridized carbons (Fsp3) is 0.360. The number of nitrogens with zero attached hydrogens (tertiary/aromatic N) is 2. The van der Waals surface area contributed by atoms with Gasteiger partial charge in [-0.15, -0.1) is 0 Å². The Hall–Kier alpha value is -3.32. The van der Waals surface area contributed by atoms with Crippen LogP contribution >= 0.6 is 0 Å². The summed E-state index contributed by atoms with van der Waals surface area (Å²) in [5, 5.41) is 3.76. The number of esters is 1. The summed E-state index contributed by atoms with van der Waals surface area (Å²) in [6, 6.07) is 14.6. The first-order valence-corrected chi connectivity index (χ1v) is 10.9. The Kier molecular flexibility index (Phi) is 6.19. The van der Waals surface area contributed by atoms with Crippen molar-refractivity contribution >= 4 is 34.2 Å². The largest absolute Gasteiger partial charge is 0.464 e. The van der Waals surface area contributed by atoms with E-state index in [0.29, 0.717) is 11.7 Å². The van der Waals surface area contributed by atoms with E-state index < -0.39 is 5.97 Å². The van der Waals surface area contributed by atoms with Crippen LogP contribution in [0.2, 0.25) is 0 Å². The summed E-state index contributed by atoms with van der Waals surface area (Å²) in [4.78, 5) is 32.8. The smallest absolute Gasteiger partial charge is 0.356 e. The number of fused-ring (bicyclic) bond motifs is 1. The van der Waals surface area contributed by atoms with Crippen LogP contribution < -0.4 is 10.2 Å². The lowest BCUT2D eigenvalue weighted by atomic mass is 10.1. The number of ether oxygens (including phenoxy) is 1. The molecule has 168 valence electrons. The molecule has 3 aromatic rings. The molecule has 0 spiro atoms. The predicted molar refractivity (Wildman–Crippen MR) is 127 cm³/mol. The number of rotatable bonds is 5. The van der Waals surface area contributed by atoms with Crippen LogP contribution in [0.15, 0.2) is 42.5 Å². The van der Waals surface area contributed by atoms with Gasteiger partial charge < -0.3 is 19.9 Å². The van der Waals surface area contributed by atoms with Crippen LogP contribution in [0.1, 0.15) is 28.5 Å². The molecule has 1 atom stereocenters. The van der Waals surface area contributed by atoms with E-state index in [2.05, 4.69) is 58.2 Å². The van der Waals surface area contributed by atoms with Crippen LogP contribution in [0.3, 0.4) is 0 Å². The zero-order valence-electron chi connectivity index (χ0n) is 19.1. The van der Waals surface area contributed by atoms with Gasteiger partial charge in [-0.3, -0.25) is 9.69 Å². The third kappa shape index (κ3) is 4.48. The first-order chi connectivity index (χ1) is 15.4. The molecule has 0 aliphatic carbocycles. The molecule has 0 radical (unpaired) electrons. The number of carbonyl (C=O) groups excluding carboxylic acids is 2. The van der Waals surface area contributed by atoms with Crippen LogP contribution in [-0.4, -0.2) is 61.1 Å². The predicted octanol–water partition coefficient (Wildman–Crippen LogP) is 3.72. The van der Waals surface area contributed by atoms with E-state index in [4.69, 9.17) is 4.74 Å². The van der Waals surface area contributed by atoms with Crippen molar-refractivity contribution in [2.45, 2.75) is 26.8 Å². The number of H-pyrrole nitrogens is 1. The summed E-state index contributed by atoms with van der Waals surface area (Å²) in [5.41, 5.74) is 5.03. The molecule has 1 aliphatic heterocycles. The number of carbonyl (C=O) groups is 2. The van der Waals surface area contributed by atoms with E-state index in [1.54, 1.807) is 0 Å². The highest BCUT2D eigenvalue weighted by Gasteiger charge is 2.26. The van der Waals surface area contributed by atoms with Gasteiger partial charge in [0, 0.05) is 42.3 Å². The number of methoxy groups -OCH3 is 1. The van der Waals surface area contributed by atoms with E-state index >= 15 is 0 Å². The number of hydrogen-bond acceptors (Lipinski definition) is 5. The molecule has 2 N–H and O–H groups in total. The third-order valence-corrected chi connectivity index (χ3v) is 6.02. The monoisotopic (exact) mass is 434 g/mol. The number of aryl methyl sites for hydroxylation is 2. The second kappa shape index (κ2) is 9.04.